The maximum absolute atomic E-state index is 12.6. The molecule has 1 aromatic rings. The minimum atomic E-state index is -0.450. The van der Waals surface area contributed by atoms with Crippen molar-refractivity contribution in [3.05, 3.63) is 23.8 Å². The number of piperidine rings is 1. The molecule has 2 heterocycles. The smallest absolute Gasteiger partial charge is 0.340 e. The second kappa shape index (κ2) is 8.51. The molecule has 3 rings (SSSR count). The summed E-state index contributed by atoms with van der Waals surface area (Å²) in [5, 5.41) is 6.28. The summed E-state index contributed by atoms with van der Waals surface area (Å²) in [7, 11) is 1.35. The number of morpholine rings is 1. The van der Waals surface area contributed by atoms with Crippen LogP contribution in [0.5, 0.6) is 0 Å². The van der Waals surface area contributed by atoms with E-state index in [-0.39, 0.29) is 11.8 Å². The molecule has 1 amide bonds. The van der Waals surface area contributed by atoms with Crippen molar-refractivity contribution < 1.29 is 19.1 Å². The van der Waals surface area contributed by atoms with E-state index in [1.807, 2.05) is 6.07 Å². The third kappa shape index (κ3) is 4.34. The molecule has 2 N–H and O–H groups in total. The van der Waals surface area contributed by atoms with E-state index in [4.69, 9.17) is 9.47 Å². The molecular weight excluding hydrogens is 334 g/mol. The monoisotopic (exact) mass is 361 g/mol. The standard InChI is InChI=1S/C19H27N3O4/c1-13-11-14(5-6-20-13)18(23)21-17-4-3-15(12-16(17)19(24)25-2)22-7-9-26-10-8-22/h3-4,12-14,20H,5-11H2,1-2H3,(H,21,23)/t13-,14-/m0/s1. The third-order valence-electron chi connectivity index (χ3n) is 5.04. The molecule has 7 heteroatoms. The highest BCUT2D eigenvalue weighted by atomic mass is 16.5. The Morgan fingerprint density at radius 2 is 2.08 bits per heavy atom. The molecule has 0 aliphatic carbocycles. The summed E-state index contributed by atoms with van der Waals surface area (Å²) in [4.78, 5) is 27.1. The highest BCUT2D eigenvalue weighted by Gasteiger charge is 2.26. The van der Waals surface area contributed by atoms with Crippen LogP contribution >= 0.6 is 0 Å². The lowest BCUT2D eigenvalue weighted by Crippen LogP contribution is -2.40. The number of rotatable bonds is 4. The minimum absolute atomic E-state index is 0.0392. The van der Waals surface area contributed by atoms with Crippen molar-refractivity contribution in [3.8, 4) is 0 Å². The van der Waals surface area contributed by atoms with E-state index in [0.29, 0.717) is 30.5 Å². The van der Waals surface area contributed by atoms with Gasteiger partial charge in [0.15, 0.2) is 0 Å². The van der Waals surface area contributed by atoms with E-state index in [2.05, 4.69) is 22.5 Å². The molecule has 26 heavy (non-hydrogen) atoms. The number of nitrogens with one attached hydrogen (secondary N) is 2. The second-order valence-electron chi connectivity index (χ2n) is 6.89. The number of hydrogen-bond acceptors (Lipinski definition) is 6. The second-order valence-corrected chi connectivity index (χ2v) is 6.89. The van der Waals surface area contributed by atoms with E-state index < -0.39 is 5.97 Å². The fourth-order valence-corrected chi connectivity index (χ4v) is 3.54. The van der Waals surface area contributed by atoms with E-state index in [1.54, 1.807) is 12.1 Å². The topological polar surface area (TPSA) is 79.9 Å². The predicted octanol–water partition coefficient (Wildman–Crippen LogP) is 1.64. The van der Waals surface area contributed by atoms with Crippen LogP contribution in [0, 0.1) is 5.92 Å². The number of nitrogens with zero attached hydrogens (tertiary/aromatic N) is 1. The van der Waals surface area contributed by atoms with Crippen LogP contribution < -0.4 is 15.5 Å². The fourth-order valence-electron chi connectivity index (χ4n) is 3.54. The Morgan fingerprint density at radius 3 is 2.77 bits per heavy atom. The molecule has 0 spiro atoms. The molecule has 1 aromatic carbocycles. The van der Waals surface area contributed by atoms with Crippen LogP contribution in [0.1, 0.15) is 30.1 Å². The van der Waals surface area contributed by atoms with E-state index in [0.717, 1.165) is 38.2 Å². The van der Waals surface area contributed by atoms with Crippen LogP contribution in [0.4, 0.5) is 11.4 Å². The van der Waals surface area contributed by atoms with E-state index in [1.165, 1.54) is 7.11 Å². The molecule has 0 saturated carbocycles. The van der Waals surface area contributed by atoms with Gasteiger partial charge in [-0.25, -0.2) is 4.79 Å². The Kier molecular flexibility index (Phi) is 6.11. The van der Waals surface area contributed by atoms with Gasteiger partial charge in [-0.2, -0.15) is 0 Å². The predicted molar refractivity (Wildman–Crippen MR) is 99.6 cm³/mol. The molecule has 7 nitrogen and oxygen atoms in total. The summed E-state index contributed by atoms with van der Waals surface area (Å²) in [5.41, 5.74) is 1.82. The third-order valence-corrected chi connectivity index (χ3v) is 5.04. The number of carbonyl (C=O) groups excluding carboxylic acids is 2. The van der Waals surface area contributed by atoms with Gasteiger partial charge in [0.25, 0.3) is 0 Å². The first-order chi connectivity index (χ1) is 12.6. The summed E-state index contributed by atoms with van der Waals surface area (Å²) in [6.07, 6.45) is 1.60. The fraction of sp³-hybridized carbons (Fsp3) is 0.579. The maximum atomic E-state index is 12.6. The number of amides is 1. The first kappa shape index (κ1) is 18.7. The lowest BCUT2D eigenvalue weighted by molar-refractivity contribution is -0.120. The van der Waals surface area contributed by atoms with Crippen molar-refractivity contribution >= 4 is 23.3 Å². The molecule has 0 aromatic heterocycles. The summed E-state index contributed by atoms with van der Waals surface area (Å²) in [5.74, 6) is -0.535. The molecule has 2 fully saturated rings. The summed E-state index contributed by atoms with van der Waals surface area (Å²) < 4.78 is 10.3. The van der Waals surface area contributed by atoms with Crippen LogP contribution in [0.25, 0.3) is 0 Å². The Labute approximate surface area is 154 Å². The molecule has 2 atom stereocenters. The number of esters is 1. The van der Waals surface area contributed by atoms with Gasteiger partial charge >= 0.3 is 5.97 Å². The average molecular weight is 361 g/mol. The van der Waals surface area contributed by atoms with Crippen molar-refractivity contribution in [1.82, 2.24) is 5.32 Å². The summed E-state index contributed by atoms with van der Waals surface area (Å²) in [6, 6.07) is 5.83. The first-order valence-corrected chi connectivity index (χ1v) is 9.18. The lowest BCUT2D eigenvalue weighted by atomic mass is 9.92. The molecule has 2 saturated heterocycles. The average Bonchev–Trinajstić information content (AvgIpc) is 2.68. The largest absolute Gasteiger partial charge is 0.465 e. The van der Waals surface area contributed by atoms with Crippen LogP contribution in [0.2, 0.25) is 0 Å². The van der Waals surface area contributed by atoms with Gasteiger partial charge in [-0.1, -0.05) is 0 Å². The van der Waals surface area contributed by atoms with Gasteiger partial charge in [0.05, 0.1) is 31.6 Å². The first-order valence-electron chi connectivity index (χ1n) is 9.18. The maximum Gasteiger partial charge on any atom is 0.340 e. The van der Waals surface area contributed by atoms with Crippen LogP contribution in [-0.2, 0) is 14.3 Å². The van der Waals surface area contributed by atoms with Gasteiger partial charge in [0.2, 0.25) is 5.91 Å². The number of anilines is 2. The van der Waals surface area contributed by atoms with Crippen molar-refractivity contribution in [3.63, 3.8) is 0 Å². The van der Waals surface area contributed by atoms with Gasteiger partial charge in [0.1, 0.15) is 0 Å². The molecule has 0 unspecified atom stereocenters. The number of benzene rings is 1. The zero-order valence-electron chi connectivity index (χ0n) is 15.4. The zero-order chi connectivity index (χ0) is 18.5. The molecule has 2 aliphatic rings. The zero-order valence-corrected chi connectivity index (χ0v) is 15.4. The molecule has 142 valence electrons. The SMILES string of the molecule is COC(=O)c1cc(N2CCOCC2)ccc1NC(=O)[C@H]1CCN[C@@H](C)C1. The Hall–Kier alpha value is -2.12. The Morgan fingerprint density at radius 1 is 1.31 bits per heavy atom. The van der Waals surface area contributed by atoms with Crippen LogP contribution in [0.3, 0.4) is 0 Å². The molecular formula is C19H27N3O4. The Balaban J connectivity index is 1.78. The number of ether oxygens (including phenoxy) is 2. The highest BCUT2D eigenvalue weighted by Crippen LogP contribution is 2.26. The van der Waals surface area contributed by atoms with Crippen molar-refractivity contribution in [1.29, 1.82) is 0 Å². The van der Waals surface area contributed by atoms with Crippen molar-refractivity contribution in [2.75, 3.05) is 50.2 Å². The molecule has 2 aliphatic heterocycles. The molecule has 0 bridgehead atoms. The lowest BCUT2D eigenvalue weighted by Gasteiger charge is -2.30. The van der Waals surface area contributed by atoms with E-state index >= 15 is 0 Å². The van der Waals surface area contributed by atoms with Gasteiger partial charge in [0, 0.05) is 30.7 Å². The van der Waals surface area contributed by atoms with Crippen molar-refractivity contribution in [2.45, 2.75) is 25.8 Å². The number of methoxy groups -OCH3 is 1. The summed E-state index contributed by atoms with van der Waals surface area (Å²) in [6.45, 7) is 5.80. The molecule has 0 radical (unpaired) electrons. The normalized spacial score (nSPS) is 23.4. The van der Waals surface area contributed by atoms with Crippen molar-refractivity contribution in [2.24, 2.45) is 5.92 Å². The minimum Gasteiger partial charge on any atom is -0.465 e. The van der Waals surface area contributed by atoms with Gasteiger partial charge in [-0.3, -0.25) is 4.79 Å². The van der Waals surface area contributed by atoms with Gasteiger partial charge < -0.3 is 25.0 Å². The Bertz CT molecular complexity index is 658. The highest BCUT2D eigenvalue weighted by molar-refractivity contribution is 6.02. The van der Waals surface area contributed by atoms with Crippen LogP contribution in [-0.4, -0.2) is 57.9 Å². The number of carbonyl (C=O) groups is 2. The van der Waals surface area contributed by atoms with Gasteiger partial charge in [-0.15, -0.1) is 0 Å². The van der Waals surface area contributed by atoms with Gasteiger partial charge in [-0.05, 0) is 44.5 Å². The quantitative estimate of drug-likeness (QED) is 0.794. The van der Waals surface area contributed by atoms with E-state index in [9.17, 15) is 9.59 Å². The number of hydrogen-bond donors (Lipinski definition) is 2. The summed E-state index contributed by atoms with van der Waals surface area (Å²) >= 11 is 0. The van der Waals surface area contributed by atoms with Crippen LogP contribution in [0.15, 0.2) is 18.2 Å².